The molecule has 0 fully saturated rings. The zero-order valence-corrected chi connectivity index (χ0v) is 13.4. The van der Waals surface area contributed by atoms with Crippen molar-refractivity contribution >= 4 is 28.8 Å². The van der Waals surface area contributed by atoms with E-state index in [4.69, 9.17) is 11.6 Å². The van der Waals surface area contributed by atoms with Gasteiger partial charge in [-0.3, -0.25) is 4.79 Å². The first kappa shape index (κ1) is 15.6. The molecule has 2 aromatic heterocycles. The molecule has 0 aliphatic rings. The van der Waals surface area contributed by atoms with Crippen LogP contribution in [0.4, 0.5) is 4.39 Å². The number of benzene rings is 1. The Kier molecular flexibility index (Phi) is 4.68. The lowest BCUT2D eigenvalue weighted by Crippen LogP contribution is -2.26. The highest BCUT2D eigenvalue weighted by atomic mass is 35.5. The van der Waals surface area contributed by atoms with E-state index < -0.39 is 5.82 Å². The minimum absolute atomic E-state index is 0.0946. The van der Waals surface area contributed by atoms with Gasteiger partial charge in [0.05, 0.1) is 16.3 Å². The van der Waals surface area contributed by atoms with Crippen LogP contribution in [0.25, 0.3) is 5.13 Å². The van der Waals surface area contributed by atoms with Crippen molar-refractivity contribution < 1.29 is 9.18 Å². The quantitative estimate of drug-likeness (QED) is 0.769. The number of aromatic nitrogens is 3. The van der Waals surface area contributed by atoms with Gasteiger partial charge in [-0.25, -0.2) is 14.1 Å². The van der Waals surface area contributed by atoms with Crippen molar-refractivity contribution in [3.8, 4) is 5.13 Å². The van der Waals surface area contributed by atoms with Crippen molar-refractivity contribution in [2.75, 3.05) is 6.54 Å². The molecule has 1 N–H and O–H groups in total. The predicted octanol–water partition coefficient (Wildman–Crippen LogP) is 3.09. The minimum Gasteiger partial charge on any atom is -0.352 e. The summed E-state index contributed by atoms with van der Waals surface area (Å²) < 4.78 is 14.7. The van der Waals surface area contributed by atoms with Crippen molar-refractivity contribution in [2.24, 2.45) is 0 Å². The van der Waals surface area contributed by atoms with Gasteiger partial charge in [-0.1, -0.05) is 11.6 Å². The van der Waals surface area contributed by atoms with Gasteiger partial charge in [0, 0.05) is 30.7 Å². The first-order chi connectivity index (χ1) is 11.1. The van der Waals surface area contributed by atoms with Crippen LogP contribution in [0.3, 0.4) is 0 Å². The molecular weight excluding hydrogens is 339 g/mol. The van der Waals surface area contributed by atoms with Crippen LogP contribution in [-0.4, -0.2) is 27.2 Å². The second kappa shape index (κ2) is 6.89. The van der Waals surface area contributed by atoms with Crippen molar-refractivity contribution in [1.29, 1.82) is 0 Å². The third-order valence-electron chi connectivity index (χ3n) is 3.08. The van der Waals surface area contributed by atoms with Crippen LogP contribution in [0.1, 0.15) is 16.1 Å². The summed E-state index contributed by atoms with van der Waals surface area (Å²) in [4.78, 5) is 16.5. The molecule has 0 bridgehead atoms. The zero-order chi connectivity index (χ0) is 16.2. The molecule has 0 spiro atoms. The standard InChI is InChI=1S/C15H12ClFN4OS/c16-13-8-10(17)2-3-12(13)14(22)18-6-4-11-9-23-15(20-11)21-7-1-5-19-21/h1-3,5,7-9H,4,6H2,(H,18,22). The summed E-state index contributed by atoms with van der Waals surface area (Å²) >= 11 is 7.34. The van der Waals surface area contributed by atoms with Crippen molar-refractivity contribution in [3.05, 3.63) is 64.1 Å². The molecule has 0 saturated carbocycles. The number of thiazole rings is 1. The molecule has 1 amide bonds. The van der Waals surface area contributed by atoms with E-state index >= 15 is 0 Å². The first-order valence-electron chi connectivity index (χ1n) is 6.81. The fourth-order valence-electron chi connectivity index (χ4n) is 1.97. The number of carbonyl (C=O) groups excluding carboxylic acids is 1. The second-order valence-electron chi connectivity index (χ2n) is 4.70. The zero-order valence-electron chi connectivity index (χ0n) is 11.9. The Morgan fingerprint density at radius 2 is 2.30 bits per heavy atom. The monoisotopic (exact) mass is 350 g/mol. The van der Waals surface area contributed by atoms with Gasteiger partial charge in [-0.2, -0.15) is 5.10 Å². The summed E-state index contributed by atoms with van der Waals surface area (Å²) in [6.07, 6.45) is 4.09. The van der Waals surface area contributed by atoms with Crippen LogP contribution < -0.4 is 5.32 Å². The Balaban J connectivity index is 1.56. The smallest absolute Gasteiger partial charge is 0.252 e. The summed E-state index contributed by atoms with van der Waals surface area (Å²) in [6.45, 7) is 0.412. The van der Waals surface area contributed by atoms with Crippen LogP contribution in [0, 0.1) is 5.82 Å². The summed E-state index contributed by atoms with van der Waals surface area (Å²) in [7, 11) is 0. The average molecular weight is 351 g/mol. The average Bonchev–Trinajstić information content (AvgIpc) is 3.18. The Morgan fingerprint density at radius 3 is 3.04 bits per heavy atom. The van der Waals surface area contributed by atoms with Gasteiger partial charge in [-0.05, 0) is 24.3 Å². The van der Waals surface area contributed by atoms with E-state index in [0.717, 1.165) is 16.9 Å². The van der Waals surface area contributed by atoms with Crippen LogP contribution >= 0.6 is 22.9 Å². The molecule has 5 nitrogen and oxygen atoms in total. The number of hydrogen-bond donors (Lipinski definition) is 1. The van der Waals surface area contributed by atoms with E-state index in [1.807, 2.05) is 17.6 Å². The Labute approximate surface area is 140 Å². The van der Waals surface area contributed by atoms with Gasteiger partial charge in [-0.15, -0.1) is 11.3 Å². The van der Waals surface area contributed by atoms with Crippen molar-refractivity contribution in [1.82, 2.24) is 20.1 Å². The Hall–Kier alpha value is -2.25. The molecule has 8 heteroatoms. The highest BCUT2D eigenvalue weighted by Crippen LogP contribution is 2.17. The number of rotatable bonds is 5. The molecule has 0 unspecified atom stereocenters. The van der Waals surface area contributed by atoms with Gasteiger partial charge in [0.1, 0.15) is 5.82 Å². The van der Waals surface area contributed by atoms with E-state index in [1.54, 1.807) is 10.9 Å². The summed E-state index contributed by atoms with van der Waals surface area (Å²) in [5.74, 6) is -0.808. The maximum Gasteiger partial charge on any atom is 0.252 e. The SMILES string of the molecule is O=C(NCCc1csc(-n2cccn2)n1)c1ccc(F)cc1Cl. The summed E-state index contributed by atoms with van der Waals surface area (Å²) in [5.41, 5.74) is 1.12. The van der Waals surface area contributed by atoms with Crippen molar-refractivity contribution in [3.63, 3.8) is 0 Å². The van der Waals surface area contributed by atoms with Crippen LogP contribution in [-0.2, 0) is 6.42 Å². The summed E-state index contributed by atoms with van der Waals surface area (Å²) in [5, 5.41) is 9.66. The number of amides is 1. The van der Waals surface area contributed by atoms with E-state index in [2.05, 4.69) is 15.4 Å². The largest absolute Gasteiger partial charge is 0.352 e. The van der Waals surface area contributed by atoms with Crippen LogP contribution in [0.2, 0.25) is 5.02 Å². The minimum atomic E-state index is -0.472. The number of nitrogens with one attached hydrogen (secondary N) is 1. The molecule has 0 radical (unpaired) electrons. The highest BCUT2D eigenvalue weighted by Gasteiger charge is 2.11. The number of halogens is 2. The fraction of sp³-hybridized carbons (Fsp3) is 0.133. The lowest BCUT2D eigenvalue weighted by atomic mass is 10.2. The molecule has 0 aliphatic heterocycles. The van der Waals surface area contributed by atoms with E-state index in [1.165, 1.54) is 23.5 Å². The third-order valence-corrected chi connectivity index (χ3v) is 4.27. The maximum absolute atomic E-state index is 13.0. The van der Waals surface area contributed by atoms with Gasteiger partial charge in [0.2, 0.25) is 5.13 Å². The molecule has 118 valence electrons. The van der Waals surface area contributed by atoms with Crippen molar-refractivity contribution in [2.45, 2.75) is 6.42 Å². The highest BCUT2D eigenvalue weighted by molar-refractivity contribution is 7.12. The molecule has 0 atom stereocenters. The molecule has 3 rings (SSSR count). The second-order valence-corrected chi connectivity index (χ2v) is 5.95. The van der Waals surface area contributed by atoms with E-state index in [0.29, 0.717) is 13.0 Å². The van der Waals surface area contributed by atoms with Gasteiger partial charge in [0.15, 0.2) is 0 Å². The molecule has 0 aliphatic carbocycles. The normalized spacial score (nSPS) is 10.7. The number of hydrogen-bond acceptors (Lipinski definition) is 4. The third kappa shape index (κ3) is 3.75. The van der Waals surface area contributed by atoms with E-state index in [-0.39, 0.29) is 16.5 Å². The van der Waals surface area contributed by atoms with Gasteiger partial charge in [0.25, 0.3) is 5.91 Å². The number of carbonyl (C=O) groups is 1. The first-order valence-corrected chi connectivity index (χ1v) is 8.07. The molecule has 3 aromatic rings. The Morgan fingerprint density at radius 1 is 1.43 bits per heavy atom. The lowest BCUT2D eigenvalue weighted by Gasteiger charge is -2.06. The topological polar surface area (TPSA) is 59.8 Å². The van der Waals surface area contributed by atoms with Crippen LogP contribution in [0.15, 0.2) is 42.0 Å². The molecule has 2 heterocycles. The molecular formula is C15H12ClFN4OS. The van der Waals surface area contributed by atoms with Gasteiger partial charge >= 0.3 is 0 Å². The van der Waals surface area contributed by atoms with Crippen LogP contribution in [0.5, 0.6) is 0 Å². The predicted molar refractivity (Wildman–Crippen MR) is 86.7 cm³/mol. The Bertz CT molecular complexity index is 819. The molecule has 1 aromatic carbocycles. The maximum atomic E-state index is 13.0. The lowest BCUT2D eigenvalue weighted by molar-refractivity contribution is 0.0954. The van der Waals surface area contributed by atoms with E-state index in [9.17, 15) is 9.18 Å². The molecule has 0 saturated heterocycles. The fourth-order valence-corrected chi connectivity index (χ4v) is 3.02. The molecule has 23 heavy (non-hydrogen) atoms. The number of nitrogens with zero attached hydrogens (tertiary/aromatic N) is 3. The van der Waals surface area contributed by atoms with Gasteiger partial charge < -0.3 is 5.32 Å². The summed E-state index contributed by atoms with van der Waals surface area (Å²) in [6, 6.07) is 5.52.